The Bertz CT molecular complexity index is 511. The van der Waals surface area contributed by atoms with E-state index in [0.29, 0.717) is 0 Å². The molecule has 0 radical (unpaired) electrons. The van der Waals surface area contributed by atoms with Crippen LogP contribution in [-0.2, 0) is 16.0 Å². The number of benzene rings is 1. The molecule has 0 spiro atoms. The number of carbonyl (C=O) groups is 1. The van der Waals surface area contributed by atoms with Crippen LogP contribution in [0.3, 0.4) is 0 Å². The van der Waals surface area contributed by atoms with E-state index in [0.717, 1.165) is 50.6 Å². The Morgan fingerprint density at radius 3 is 2.86 bits per heavy atom. The van der Waals surface area contributed by atoms with Gasteiger partial charge < -0.3 is 10.1 Å². The fraction of sp³-hybridized carbons (Fsp3) is 0.588. The van der Waals surface area contributed by atoms with Gasteiger partial charge in [0.2, 0.25) is 5.91 Å². The first-order valence-electron chi connectivity index (χ1n) is 7.78. The van der Waals surface area contributed by atoms with Gasteiger partial charge in [0.1, 0.15) is 0 Å². The highest BCUT2D eigenvalue weighted by Gasteiger charge is 2.36. The predicted octanol–water partition coefficient (Wildman–Crippen LogP) is 3.17. The second-order valence-electron chi connectivity index (χ2n) is 6.16. The number of halogens is 1. The Morgan fingerprint density at radius 1 is 1.33 bits per heavy atom. The monoisotopic (exact) mass is 351 g/mol. The second-order valence-corrected chi connectivity index (χ2v) is 6.72. The van der Waals surface area contributed by atoms with Crippen molar-refractivity contribution >= 4 is 21.8 Å². The van der Waals surface area contributed by atoms with E-state index in [4.69, 9.17) is 4.74 Å². The number of carbonyl (C=O) groups excluding carboxylic acids is 1. The lowest BCUT2D eigenvalue weighted by atomic mass is 9.81. The first kappa shape index (κ1) is 15.0. The van der Waals surface area contributed by atoms with Gasteiger partial charge in [0.25, 0.3) is 0 Å². The average Bonchev–Trinajstić information content (AvgIpc) is 2.55. The van der Waals surface area contributed by atoms with Gasteiger partial charge in [-0.1, -0.05) is 40.2 Å². The van der Waals surface area contributed by atoms with E-state index in [1.807, 2.05) is 6.07 Å². The quantitative estimate of drug-likeness (QED) is 0.849. The number of hydrogen-bond acceptors (Lipinski definition) is 2. The van der Waals surface area contributed by atoms with Gasteiger partial charge in [-0.3, -0.25) is 4.79 Å². The number of alkyl halides is 1. The Balaban J connectivity index is 1.77. The lowest BCUT2D eigenvalue weighted by Crippen LogP contribution is -2.54. The highest BCUT2D eigenvalue weighted by atomic mass is 79.9. The summed E-state index contributed by atoms with van der Waals surface area (Å²) in [7, 11) is 0. The van der Waals surface area contributed by atoms with E-state index in [2.05, 4.69) is 39.4 Å². The summed E-state index contributed by atoms with van der Waals surface area (Å²) in [5.41, 5.74) is 2.42. The summed E-state index contributed by atoms with van der Waals surface area (Å²) in [6, 6.07) is 8.38. The number of fused-ring (bicyclic) bond motifs is 1. The van der Waals surface area contributed by atoms with Crippen LogP contribution >= 0.6 is 15.9 Å². The molecule has 1 fully saturated rings. The third-order valence-corrected chi connectivity index (χ3v) is 5.85. The highest BCUT2D eigenvalue weighted by molar-refractivity contribution is 9.09. The molecule has 2 aliphatic rings. The molecule has 1 aromatic rings. The summed E-state index contributed by atoms with van der Waals surface area (Å²) in [4.78, 5) is 12.8. The maximum Gasteiger partial charge on any atom is 0.228 e. The Morgan fingerprint density at radius 2 is 2.10 bits per heavy atom. The molecule has 0 bridgehead atoms. The molecule has 1 saturated heterocycles. The molecule has 1 aliphatic heterocycles. The van der Waals surface area contributed by atoms with Gasteiger partial charge in [-0.05, 0) is 43.2 Å². The lowest BCUT2D eigenvalue weighted by Gasteiger charge is -2.38. The molecule has 3 nitrogen and oxygen atoms in total. The third-order valence-electron chi connectivity index (χ3n) is 4.78. The number of ether oxygens (including phenoxy) is 1. The molecule has 1 atom stereocenters. The fourth-order valence-corrected chi connectivity index (χ4v) is 4.13. The molecule has 1 aromatic carbocycles. The van der Waals surface area contributed by atoms with Gasteiger partial charge >= 0.3 is 0 Å². The van der Waals surface area contributed by atoms with Crippen molar-refractivity contribution in [2.24, 2.45) is 0 Å². The molecular formula is C17H22BrNO2. The fourth-order valence-electron chi connectivity index (χ4n) is 3.43. The van der Waals surface area contributed by atoms with Crippen LogP contribution in [0.25, 0.3) is 0 Å². The van der Waals surface area contributed by atoms with Gasteiger partial charge in [-0.15, -0.1) is 0 Å². The standard InChI is InChI=1S/C17H22BrNO2/c18-12-17(8-10-21-11-9-17)19-16(20)15-7-3-5-13-4-1-2-6-14(13)15/h1-2,4,6,15H,3,5,7-12H2,(H,19,20). The van der Waals surface area contributed by atoms with Gasteiger partial charge in [-0.2, -0.15) is 0 Å². The van der Waals surface area contributed by atoms with E-state index in [1.54, 1.807) is 0 Å². The van der Waals surface area contributed by atoms with Crippen LogP contribution < -0.4 is 5.32 Å². The van der Waals surface area contributed by atoms with Crippen molar-refractivity contribution < 1.29 is 9.53 Å². The summed E-state index contributed by atoms with van der Waals surface area (Å²) in [6.07, 6.45) is 4.92. The van der Waals surface area contributed by atoms with Crippen LogP contribution in [0, 0.1) is 0 Å². The Kier molecular flexibility index (Phi) is 4.65. The van der Waals surface area contributed by atoms with E-state index in [-0.39, 0.29) is 17.4 Å². The van der Waals surface area contributed by atoms with Crippen molar-refractivity contribution in [3.63, 3.8) is 0 Å². The minimum atomic E-state index is -0.137. The van der Waals surface area contributed by atoms with Crippen LogP contribution in [-0.4, -0.2) is 30.0 Å². The van der Waals surface area contributed by atoms with E-state index < -0.39 is 0 Å². The van der Waals surface area contributed by atoms with E-state index in [1.165, 1.54) is 11.1 Å². The van der Waals surface area contributed by atoms with E-state index in [9.17, 15) is 4.79 Å². The molecular weight excluding hydrogens is 330 g/mol. The number of hydrogen-bond donors (Lipinski definition) is 1. The second kappa shape index (κ2) is 6.49. The normalized spacial score (nSPS) is 24.1. The first-order chi connectivity index (χ1) is 10.2. The van der Waals surface area contributed by atoms with Crippen molar-refractivity contribution in [3.05, 3.63) is 35.4 Å². The molecule has 1 aliphatic carbocycles. The average molecular weight is 352 g/mol. The summed E-state index contributed by atoms with van der Waals surface area (Å²) in [5, 5.41) is 4.12. The molecule has 21 heavy (non-hydrogen) atoms. The van der Waals surface area contributed by atoms with Crippen LogP contribution in [0.2, 0.25) is 0 Å². The van der Waals surface area contributed by atoms with Crippen LogP contribution in [0.1, 0.15) is 42.7 Å². The molecule has 1 amide bonds. The topological polar surface area (TPSA) is 38.3 Å². The molecule has 0 aromatic heterocycles. The zero-order valence-electron chi connectivity index (χ0n) is 12.2. The first-order valence-corrected chi connectivity index (χ1v) is 8.90. The summed E-state index contributed by atoms with van der Waals surface area (Å²) in [6.45, 7) is 1.46. The molecule has 114 valence electrons. The summed E-state index contributed by atoms with van der Waals surface area (Å²) >= 11 is 3.58. The maximum atomic E-state index is 12.8. The number of aryl methyl sites for hydroxylation is 1. The van der Waals surface area contributed by atoms with Gasteiger partial charge in [0.05, 0.1) is 11.5 Å². The maximum absolute atomic E-state index is 12.8. The minimum Gasteiger partial charge on any atom is -0.381 e. The van der Waals surface area contributed by atoms with Crippen molar-refractivity contribution in [2.45, 2.75) is 43.6 Å². The zero-order valence-corrected chi connectivity index (χ0v) is 13.8. The molecule has 1 heterocycles. The SMILES string of the molecule is O=C(NC1(CBr)CCOCC1)C1CCCc2ccccc21. The molecule has 1 N–H and O–H groups in total. The van der Waals surface area contributed by atoms with Crippen molar-refractivity contribution in [1.82, 2.24) is 5.32 Å². The number of nitrogens with one attached hydrogen (secondary N) is 1. The lowest BCUT2D eigenvalue weighted by molar-refractivity contribution is -0.125. The molecule has 4 heteroatoms. The van der Waals surface area contributed by atoms with Crippen molar-refractivity contribution in [3.8, 4) is 0 Å². The van der Waals surface area contributed by atoms with Gasteiger partial charge in [0.15, 0.2) is 0 Å². The summed E-state index contributed by atoms with van der Waals surface area (Å²) in [5.74, 6) is 0.192. The molecule has 1 unspecified atom stereocenters. The van der Waals surface area contributed by atoms with Crippen LogP contribution in [0.15, 0.2) is 24.3 Å². The largest absolute Gasteiger partial charge is 0.381 e. The van der Waals surface area contributed by atoms with Crippen LogP contribution in [0.4, 0.5) is 0 Å². The molecule has 3 rings (SSSR count). The van der Waals surface area contributed by atoms with E-state index >= 15 is 0 Å². The van der Waals surface area contributed by atoms with Crippen molar-refractivity contribution in [1.29, 1.82) is 0 Å². The zero-order chi connectivity index (χ0) is 14.7. The third kappa shape index (κ3) is 3.16. The van der Waals surface area contributed by atoms with Gasteiger partial charge in [-0.25, -0.2) is 0 Å². The van der Waals surface area contributed by atoms with Gasteiger partial charge in [0, 0.05) is 18.5 Å². The highest BCUT2D eigenvalue weighted by Crippen LogP contribution is 2.33. The summed E-state index contributed by atoms with van der Waals surface area (Å²) < 4.78 is 5.44. The minimum absolute atomic E-state index is 0.00807. The predicted molar refractivity (Wildman–Crippen MR) is 86.8 cm³/mol. The smallest absolute Gasteiger partial charge is 0.228 e. The number of rotatable bonds is 3. The Hall–Kier alpha value is -0.870. The number of amides is 1. The molecule has 0 saturated carbocycles. The van der Waals surface area contributed by atoms with Crippen molar-refractivity contribution in [2.75, 3.05) is 18.5 Å². The Labute approximate surface area is 134 Å². The van der Waals surface area contributed by atoms with Crippen LogP contribution in [0.5, 0.6) is 0 Å².